The smallest absolute Gasteiger partial charge is 0.253 e. The van der Waals surface area contributed by atoms with Crippen LogP contribution in [0.3, 0.4) is 0 Å². The summed E-state index contributed by atoms with van der Waals surface area (Å²) in [5.41, 5.74) is 1.72. The molecule has 1 amide bonds. The fourth-order valence-electron chi connectivity index (χ4n) is 3.43. The van der Waals surface area contributed by atoms with Crippen molar-refractivity contribution in [2.45, 2.75) is 30.4 Å². The van der Waals surface area contributed by atoms with Crippen LogP contribution in [0, 0.1) is 6.92 Å². The molecule has 6 nitrogen and oxygen atoms in total. The largest absolute Gasteiger partial charge is 0.441 e. The second-order valence-electron chi connectivity index (χ2n) is 7.17. The van der Waals surface area contributed by atoms with Crippen LogP contribution in [0.25, 0.3) is 11.5 Å². The third-order valence-electron chi connectivity index (χ3n) is 5.09. The van der Waals surface area contributed by atoms with Gasteiger partial charge in [0.25, 0.3) is 5.91 Å². The van der Waals surface area contributed by atoms with Gasteiger partial charge in [-0.15, -0.1) is 0 Å². The molecule has 0 N–H and O–H groups in total. The number of carbonyl (C=O) groups excluding carboxylic acids is 1. The number of sulfone groups is 1. The molecule has 0 unspecified atom stereocenters. The Kier molecular flexibility index (Phi) is 5.24. The van der Waals surface area contributed by atoms with E-state index in [-0.39, 0.29) is 16.6 Å². The molecule has 0 radical (unpaired) electrons. The molecule has 1 aliphatic heterocycles. The minimum Gasteiger partial charge on any atom is -0.441 e. The number of hydrogen-bond acceptors (Lipinski definition) is 5. The van der Waals surface area contributed by atoms with Crippen LogP contribution in [0.2, 0.25) is 0 Å². The molecule has 4 rings (SSSR count). The van der Waals surface area contributed by atoms with E-state index >= 15 is 0 Å². The molecule has 7 heteroatoms. The quantitative estimate of drug-likeness (QED) is 0.638. The molecular formula is C22H22N2O4S. The maximum Gasteiger partial charge on any atom is 0.253 e. The Labute approximate surface area is 170 Å². The lowest BCUT2D eigenvalue weighted by molar-refractivity contribution is 0.0793. The van der Waals surface area contributed by atoms with Crippen LogP contribution >= 0.6 is 0 Å². The summed E-state index contributed by atoms with van der Waals surface area (Å²) in [6, 6.07) is 15.4. The number of likely N-dealkylation sites (tertiary alicyclic amines) is 1. The van der Waals surface area contributed by atoms with E-state index in [2.05, 4.69) is 4.98 Å². The minimum atomic E-state index is -3.50. The van der Waals surface area contributed by atoms with Gasteiger partial charge in [0.05, 0.1) is 10.6 Å². The van der Waals surface area contributed by atoms with E-state index in [0.29, 0.717) is 28.5 Å². The van der Waals surface area contributed by atoms with Crippen LogP contribution in [0.4, 0.5) is 0 Å². The standard InChI is InChI=1S/C22H22N2O4S/c1-16-20(15-29(26,27)19-7-3-2-4-8-19)23-21(28-16)17-9-11-18(12-10-17)22(25)24-13-5-6-14-24/h2-4,7-12H,5-6,13-15H2,1H3. The van der Waals surface area contributed by atoms with Crippen LogP contribution < -0.4 is 0 Å². The Morgan fingerprint density at radius 3 is 2.34 bits per heavy atom. The molecule has 29 heavy (non-hydrogen) atoms. The summed E-state index contributed by atoms with van der Waals surface area (Å²) in [7, 11) is -3.50. The van der Waals surface area contributed by atoms with Crippen molar-refractivity contribution < 1.29 is 17.6 Å². The van der Waals surface area contributed by atoms with Gasteiger partial charge < -0.3 is 9.32 Å². The molecule has 0 saturated carbocycles. The van der Waals surface area contributed by atoms with E-state index in [0.717, 1.165) is 25.9 Å². The van der Waals surface area contributed by atoms with Gasteiger partial charge in [-0.1, -0.05) is 18.2 Å². The number of hydrogen-bond donors (Lipinski definition) is 0. The molecule has 150 valence electrons. The molecule has 1 aromatic heterocycles. The topological polar surface area (TPSA) is 80.5 Å². The third-order valence-corrected chi connectivity index (χ3v) is 6.74. The number of amides is 1. The lowest BCUT2D eigenvalue weighted by atomic mass is 10.1. The number of aryl methyl sites for hydroxylation is 1. The van der Waals surface area contributed by atoms with E-state index in [1.807, 2.05) is 4.90 Å². The van der Waals surface area contributed by atoms with E-state index in [1.54, 1.807) is 61.5 Å². The first-order chi connectivity index (χ1) is 13.9. The first kappa shape index (κ1) is 19.4. The first-order valence-electron chi connectivity index (χ1n) is 9.58. The van der Waals surface area contributed by atoms with Crippen LogP contribution in [0.5, 0.6) is 0 Å². The van der Waals surface area contributed by atoms with Gasteiger partial charge in [-0.05, 0) is 56.2 Å². The normalized spacial score (nSPS) is 14.3. The van der Waals surface area contributed by atoms with Gasteiger partial charge in [-0.25, -0.2) is 13.4 Å². The summed E-state index contributed by atoms with van der Waals surface area (Å²) >= 11 is 0. The zero-order valence-electron chi connectivity index (χ0n) is 16.2. The molecule has 3 aromatic rings. The van der Waals surface area contributed by atoms with Gasteiger partial charge in [0.15, 0.2) is 9.84 Å². The number of nitrogens with zero attached hydrogens (tertiary/aromatic N) is 2. The molecule has 1 aliphatic rings. The fourth-order valence-corrected chi connectivity index (χ4v) is 4.80. The average molecular weight is 410 g/mol. The van der Waals surface area contributed by atoms with Crippen molar-refractivity contribution in [1.82, 2.24) is 9.88 Å². The predicted octanol–water partition coefficient (Wildman–Crippen LogP) is 3.86. The average Bonchev–Trinajstić information content (AvgIpc) is 3.39. The Morgan fingerprint density at radius 2 is 1.69 bits per heavy atom. The van der Waals surface area contributed by atoms with Gasteiger partial charge in [0.1, 0.15) is 11.5 Å². The summed E-state index contributed by atoms with van der Waals surface area (Å²) in [5, 5.41) is 0. The monoisotopic (exact) mass is 410 g/mol. The lowest BCUT2D eigenvalue weighted by Gasteiger charge is -2.15. The van der Waals surface area contributed by atoms with Crippen molar-refractivity contribution in [2.24, 2.45) is 0 Å². The molecule has 0 aliphatic carbocycles. The summed E-state index contributed by atoms with van der Waals surface area (Å²) in [4.78, 5) is 19.0. The van der Waals surface area contributed by atoms with Crippen LogP contribution in [-0.4, -0.2) is 37.3 Å². The molecule has 1 fully saturated rings. The van der Waals surface area contributed by atoms with E-state index < -0.39 is 9.84 Å². The van der Waals surface area contributed by atoms with Gasteiger partial charge in [-0.3, -0.25) is 4.79 Å². The lowest BCUT2D eigenvalue weighted by Crippen LogP contribution is -2.27. The number of rotatable bonds is 5. The summed E-state index contributed by atoms with van der Waals surface area (Å²) in [6.07, 6.45) is 2.10. The van der Waals surface area contributed by atoms with Crippen molar-refractivity contribution in [2.75, 3.05) is 13.1 Å². The van der Waals surface area contributed by atoms with E-state index in [1.165, 1.54) is 0 Å². The highest BCUT2D eigenvalue weighted by molar-refractivity contribution is 7.90. The van der Waals surface area contributed by atoms with Gasteiger partial charge >= 0.3 is 0 Å². The molecule has 0 atom stereocenters. The maximum absolute atomic E-state index is 12.6. The molecular weight excluding hydrogens is 388 g/mol. The van der Waals surface area contributed by atoms with Crippen molar-refractivity contribution in [3.8, 4) is 11.5 Å². The van der Waals surface area contributed by atoms with Crippen molar-refractivity contribution in [3.63, 3.8) is 0 Å². The SMILES string of the molecule is Cc1oc(-c2ccc(C(=O)N3CCCC3)cc2)nc1CS(=O)(=O)c1ccccc1. The number of benzene rings is 2. The van der Waals surface area contributed by atoms with Crippen LogP contribution in [0.1, 0.15) is 34.7 Å². The number of oxazole rings is 1. The number of aromatic nitrogens is 1. The first-order valence-corrected chi connectivity index (χ1v) is 11.2. The second kappa shape index (κ2) is 7.83. The van der Waals surface area contributed by atoms with E-state index in [4.69, 9.17) is 4.42 Å². The molecule has 0 spiro atoms. The number of carbonyl (C=O) groups is 1. The Bertz CT molecular complexity index is 1110. The summed E-state index contributed by atoms with van der Waals surface area (Å²) in [6.45, 7) is 3.31. The fraction of sp³-hybridized carbons (Fsp3) is 0.273. The molecule has 2 aromatic carbocycles. The van der Waals surface area contributed by atoms with Crippen molar-refractivity contribution >= 4 is 15.7 Å². The molecule has 0 bridgehead atoms. The van der Waals surface area contributed by atoms with Crippen molar-refractivity contribution in [1.29, 1.82) is 0 Å². The molecule has 2 heterocycles. The van der Waals surface area contributed by atoms with Gasteiger partial charge in [0.2, 0.25) is 5.89 Å². The molecule has 1 saturated heterocycles. The highest BCUT2D eigenvalue weighted by Gasteiger charge is 2.22. The van der Waals surface area contributed by atoms with Crippen LogP contribution in [0.15, 0.2) is 63.9 Å². The third kappa shape index (κ3) is 4.10. The maximum atomic E-state index is 12.6. The van der Waals surface area contributed by atoms with Crippen LogP contribution in [-0.2, 0) is 15.6 Å². The van der Waals surface area contributed by atoms with Gasteiger partial charge in [-0.2, -0.15) is 0 Å². The zero-order valence-corrected chi connectivity index (χ0v) is 17.0. The van der Waals surface area contributed by atoms with E-state index in [9.17, 15) is 13.2 Å². The predicted molar refractivity (Wildman–Crippen MR) is 109 cm³/mol. The summed E-state index contributed by atoms with van der Waals surface area (Å²) in [5.74, 6) is 0.627. The Hall–Kier alpha value is -2.93. The minimum absolute atomic E-state index is 0.0345. The summed E-state index contributed by atoms with van der Waals surface area (Å²) < 4.78 is 31.0. The Balaban J connectivity index is 1.54. The highest BCUT2D eigenvalue weighted by atomic mass is 32.2. The second-order valence-corrected chi connectivity index (χ2v) is 9.16. The zero-order chi connectivity index (χ0) is 20.4. The highest BCUT2D eigenvalue weighted by Crippen LogP contribution is 2.25. The Morgan fingerprint density at radius 1 is 1.03 bits per heavy atom. The van der Waals surface area contributed by atoms with Gasteiger partial charge in [0, 0.05) is 24.2 Å². The van der Waals surface area contributed by atoms with Crippen molar-refractivity contribution in [3.05, 3.63) is 71.6 Å².